The number of carbonyl (C=O) groups is 1. The second-order valence-electron chi connectivity index (χ2n) is 6.18. The van der Waals surface area contributed by atoms with Gasteiger partial charge < -0.3 is 4.74 Å². The fourth-order valence-corrected chi connectivity index (χ4v) is 3.44. The van der Waals surface area contributed by atoms with Crippen LogP contribution in [0.2, 0.25) is 0 Å². The van der Waals surface area contributed by atoms with Crippen molar-refractivity contribution in [2.45, 2.75) is 31.8 Å². The normalized spacial score (nSPS) is 28.9. The molecule has 2 heterocycles. The van der Waals surface area contributed by atoms with E-state index in [2.05, 4.69) is 18.0 Å². The lowest BCUT2D eigenvalue weighted by Gasteiger charge is -2.46. The van der Waals surface area contributed by atoms with E-state index in [4.69, 9.17) is 10.00 Å². The molecule has 0 aromatic heterocycles. The molecule has 0 aliphatic carbocycles. The standard InChI is InChI=1S/C17H20N2O2/c1-11-3-4-12(5-14(11)8-18)17(20)13-6-15-9-21-10-16(7-13)19(15)2/h3-5,13,15-16H,6-7,9-10H2,1-2H3. The highest BCUT2D eigenvalue weighted by Crippen LogP contribution is 2.32. The third kappa shape index (κ3) is 2.59. The Kier molecular flexibility index (Phi) is 3.79. The van der Waals surface area contributed by atoms with Crippen molar-refractivity contribution < 1.29 is 9.53 Å². The number of hydrogen-bond acceptors (Lipinski definition) is 4. The zero-order valence-corrected chi connectivity index (χ0v) is 12.5. The van der Waals surface area contributed by atoms with Crippen LogP contribution in [0.15, 0.2) is 18.2 Å². The number of ether oxygens (including phenoxy) is 1. The fraction of sp³-hybridized carbons (Fsp3) is 0.529. The van der Waals surface area contributed by atoms with Crippen molar-refractivity contribution in [3.63, 3.8) is 0 Å². The summed E-state index contributed by atoms with van der Waals surface area (Å²) in [6.45, 7) is 3.33. The number of aryl methyl sites for hydroxylation is 1. The van der Waals surface area contributed by atoms with E-state index >= 15 is 0 Å². The lowest BCUT2D eigenvalue weighted by atomic mass is 9.80. The van der Waals surface area contributed by atoms with Gasteiger partial charge in [-0.3, -0.25) is 9.69 Å². The molecule has 0 amide bonds. The van der Waals surface area contributed by atoms with E-state index in [1.165, 1.54) is 0 Å². The van der Waals surface area contributed by atoms with E-state index < -0.39 is 0 Å². The van der Waals surface area contributed by atoms with Crippen LogP contribution in [0.4, 0.5) is 0 Å². The van der Waals surface area contributed by atoms with E-state index in [9.17, 15) is 4.79 Å². The van der Waals surface area contributed by atoms with Crippen molar-refractivity contribution in [2.24, 2.45) is 5.92 Å². The molecule has 2 fully saturated rings. The largest absolute Gasteiger partial charge is 0.378 e. The lowest BCUT2D eigenvalue weighted by molar-refractivity contribution is -0.0702. The third-order valence-corrected chi connectivity index (χ3v) is 4.90. The number of piperidine rings is 1. The number of nitriles is 1. The first-order valence-electron chi connectivity index (χ1n) is 7.44. The minimum atomic E-state index is 0.0503. The number of carbonyl (C=O) groups excluding carboxylic acids is 1. The van der Waals surface area contributed by atoms with Gasteiger partial charge >= 0.3 is 0 Å². The molecule has 2 bridgehead atoms. The first-order chi connectivity index (χ1) is 10.1. The van der Waals surface area contributed by atoms with Gasteiger partial charge in [-0.25, -0.2) is 0 Å². The maximum absolute atomic E-state index is 12.7. The predicted molar refractivity (Wildman–Crippen MR) is 79.1 cm³/mol. The molecule has 0 saturated carbocycles. The highest BCUT2D eigenvalue weighted by atomic mass is 16.5. The summed E-state index contributed by atoms with van der Waals surface area (Å²) < 4.78 is 5.60. The molecule has 0 N–H and O–H groups in total. The molecule has 1 aromatic carbocycles. The van der Waals surface area contributed by atoms with Gasteiger partial charge in [0.2, 0.25) is 0 Å². The lowest BCUT2D eigenvalue weighted by Crippen LogP contribution is -2.55. The molecular weight excluding hydrogens is 264 g/mol. The Labute approximate surface area is 125 Å². The van der Waals surface area contributed by atoms with E-state index in [-0.39, 0.29) is 11.7 Å². The number of fused-ring (bicyclic) bond motifs is 2. The molecule has 3 rings (SSSR count). The molecule has 1 aromatic rings. The van der Waals surface area contributed by atoms with E-state index in [0.717, 1.165) is 18.4 Å². The van der Waals surface area contributed by atoms with Gasteiger partial charge in [0.1, 0.15) is 0 Å². The average molecular weight is 284 g/mol. The van der Waals surface area contributed by atoms with Crippen LogP contribution in [0.3, 0.4) is 0 Å². The summed E-state index contributed by atoms with van der Waals surface area (Å²) in [6.07, 6.45) is 1.70. The summed E-state index contributed by atoms with van der Waals surface area (Å²) in [7, 11) is 2.12. The molecule has 4 heteroatoms. The topological polar surface area (TPSA) is 53.3 Å². The van der Waals surface area contributed by atoms with Gasteiger partial charge in [0, 0.05) is 23.6 Å². The molecule has 0 radical (unpaired) electrons. The van der Waals surface area contributed by atoms with Gasteiger partial charge in [0.15, 0.2) is 5.78 Å². The molecule has 2 atom stereocenters. The highest BCUT2D eigenvalue weighted by Gasteiger charge is 2.39. The maximum Gasteiger partial charge on any atom is 0.166 e. The molecule has 2 aliphatic rings. The van der Waals surface area contributed by atoms with Gasteiger partial charge in [-0.15, -0.1) is 0 Å². The molecule has 21 heavy (non-hydrogen) atoms. The molecule has 0 spiro atoms. The van der Waals surface area contributed by atoms with Gasteiger partial charge in [-0.2, -0.15) is 5.26 Å². The molecule has 2 aliphatic heterocycles. The minimum Gasteiger partial charge on any atom is -0.378 e. The van der Waals surface area contributed by atoms with Crippen LogP contribution in [0, 0.1) is 24.2 Å². The zero-order valence-electron chi connectivity index (χ0n) is 12.5. The number of ketones is 1. The van der Waals surface area contributed by atoms with Gasteiger partial charge in [0.25, 0.3) is 0 Å². The molecule has 2 unspecified atom stereocenters. The number of morpholine rings is 1. The summed E-state index contributed by atoms with van der Waals surface area (Å²) in [6, 6.07) is 8.29. The smallest absolute Gasteiger partial charge is 0.166 e. The Balaban J connectivity index is 1.81. The number of nitrogens with zero attached hydrogens (tertiary/aromatic N) is 2. The Morgan fingerprint density at radius 3 is 2.62 bits per heavy atom. The van der Waals surface area contributed by atoms with Crippen LogP contribution < -0.4 is 0 Å². The number of hydrogen-bond donors (Lipinski definition) is 0. The summed E-state index contributed by atoms with van der Waals surface area (Å²) in [5, 5.41) is 9.12. The van der Waals surface area contributed by atoms with Crippen LogP contribution in [-0.2, 0) is 4.74 Å². The van der Waals surface area contributed by atoms with Gasteiger partial charge in [-0.05, 0) is 38.4 Å². The summed E-state index contributed by atoms with van der Waals surface area (Å²) >= 11 is 0. The van der Waals surface area contributed by atoms with Crippen molar-refractivity contribution in [3.8, 4) is 6.07 Å². The Bertz CT molecular complexity index is 591. The zero-order chi connectivity index (χ0) is 15.0. The van der Waals surface area contributed by atoms with E-state index in [1.807, 2.05) is 19.1 Å². The van der Waals surface area contributed by atoms with Crippen molar-refractivity contribution in [2.75, 3.05) is 20.3 Å². The van der Waals surface area contributed by atoms with Crippen LogP contribution in [0.1, 0.15) is 34.3 Å². The predicted octanol–water partition coefficient (Wildman–Crippen LogP) is 2.16. The Morgan fingerprint density at radius 1 is 1.33 bits per heavy atom. The van der Waals surface area contributed by atoms with E-state index in [0.29, 0.717) is 36.4 Å². The average Bonchev–Trinajstić information content (AvgIpc) is 2.47. The van der Waals surface area contributed by atoms with Crippen molar-refractivity contribution in [3.05, 3.63) is 34.9 Å². The third-order valence-electron chi connectivity index (χ3n) is 4.90. The highest BCUT2D eigenvalue weighted by molar-refractivity contribution is 5.98. The monoisotopic (exact) mass is 284 g/mol. The van der Waals surface area contributed by atoms with Crippen LogP contribution in [0.25, 0.3) is 0 Å². The number of rotatable bonds is 2. The van der Waals surface area contributed by atoms with Gasteiger partial charge in [-0.1, -0.05) is 12.1 Å². The minimum absolute atomic E-state index is 0.0503. The first kappa shape index (κ1) is 14.2. The van der Waals surface area contributed by atoms with Crippen LogP contribution in [0.5, 0.6) is 0 Å². The maximum atomic E-state index is 12.7. The quantitative estimate of drug-likeness (QED) is 0.781. The molecule has 4 nitrogen and oxygen atoms in total. The summed E-state index contributed by atoms with van der Waals surface area (Å²) in [4.78, 5) is 15.1. The van der Waals surface area contributed by atoms with Crippen LogP contribution >= 0.6 is 0 Å². The second-order valence-corrected chi connectivity index (χ2v) is 6.18. The molecule has 2 saturated heterocycles. The summed E-state index contributed by atoms with van der Waals surface area (Å²) in [5.74, 6) is 0.228. The van der Waals surface area contributed by atoms with Crippen molar-refractivity contribution in [1.82, 2.24) is 4.90 Å². The molecular formula is C17H20N2O2. The Hall–Kier alpha value is -1.70. The molecule has 110 valence electrons. The van der Waals surface area contributed by atoms with Crippen molar-refractivity contribution in [1.29, 1.82) is 5.26 Å². The van der Waals surface area contributed by atoms with Crippen molar-refractivity contribution >= 4 is 5.78 Å². The number of Topliss-reactive ketones (excluding diaryl/α,β-unsaturated/α-hetero) is 1. The Morgan fingerprint density at radius 2 is 2.00 bits per heavy atom. The van der Waals surface area contributed by atoms with Gasteiger partial charge in [0.05, 0.1) is 24.8 Å². The number of benzene rings is 1. The second kappa shape index (κ2) is 5.59. The number of likely N-dealkylation sites (N-methyl/N-ethyl adjacent to an activating group) is 1. The first-order valence-corrected chi connectivity index (χ1v) is 7.44. The SMILES string of the molecule is Cc1ccc(C(=O)C2CC3COCC(C2)N3C)cc1C#N. The van der Waals surface area contributed by atoms with Crippen LogP contribution in [-0.4, -0.2) is 43.0 Å². The fourth-order valence-electron chi connectivity index (χ4n) is 3.44. The van der Waals surface area contributed by atoms with E-state index in [1.54, 1.807) is 6.07 Å². The summed E-state index contributed by atoms with van der Waals surface area (Å²) in [5.41, 5.74) is 2.19.